The Morgan fingerprint density at radius 1 is 1.25 bits per heavy atom. The van der Waals surface area contributed by atoms with Crippen molar-refractivity contribution in [2.45, 2.75) is 19.3 Å². The number of benzene rings is 2. The molecule has 0 aliphatic carbocycles. The number of fused-ring (bicyclic) bond motifs is 1. The Labute approximate surface area is 119 Å². The van der Waals surface area contributed by atoms with Gasteiger partial charge in [-0.1, -0.05) is 37.3 Å². The summed E-state index contributed by atoms with van der Waals surface area (Å²) in [5.41, 5.74) is 4.25. The number of carbonyl (C=O) groups excluding carboxylic acids is 1. The van der Waals surface area contributed by atoms with Gasteiger partial charge < -0.3 is 10.6 Å². The number of hydrogen-bond donors (Lipinski definition) is 2. The molecule has 3 nitrogen and oxygen atoms in total. The number of rotatable bonds is 3. The van der Waals surface area contributed by atoms with Crippen LogP contribution < -0.4 is 10.6 Å². The first kappa shape index (κ1) is 12.7. The second kappa shape index (κ2) is 5.37. The predicted molar refractivity (Wildman–Crippen MR) is 82.1 cm³/mol. The number of para-hydroxylation sites is 1. The Kier molecular flexibility index (Phi) is 3.42. The highest BCUT2D eigenvalue weighted by Crippen LogP contribution is 2.31. The molecule has 0 saturated heterocycles. The molecule has 1 unspecified atom stereocenters. The van der Waals surface area contributed by atoms with Gasteiger partial charge in [0.05, 0.1) is 5.92 Å². The summed E-state index contributed by atoms with van der Waals surface area (Å²) in [4.78, 5) is 12.4. The van der Waals surface area contributed by atoms with Crippen LogP contribution in [0.25, 0.3) is 0 Å². The average molecular weight is 266 g/mol. The van der Waals surface area contributed by atoms with Crippen molar-refractivity contribution in [3.8, 4) is 0 Å². The minimum Gasteiger partial charge on any atom is -0.384 e. The van der Waals surface area contributed by atoms with Crippen molar-refractivity contribution in [2.75, 3.05) is 17.2 Å². The molecule has 2 aromatic rings. The lowest BCUT2D eigenvalue weighted by Crippen LogP contribution is -2.22. The van der Waals surface area contributed by atoms with Gasteiger partial charge in [0.25, 0.3) is 0 Å². The number of nitrogens with one attached hydrogen (secondary N) is 2. The van der Waals surface area contributed by atoms with Crippen LogP contribution in [0.1, 0.15) is 24.0 Å². The number of amides is 1. The summed E-state index contributed by atoms with van der Waals surface area (Å²) in [7, 11) is 0. The minimum atomic E-state index is -0.114. The van der Waals surface area contributed by atoms with Crippen molar-refractivity contribution >= 4 is 17.3 Å². The van der Waals surface area contributed by atoms with Crippen LogP contribution in [0, 0.1) is 0 Å². The van der Waals surface area contributed by atoms with Gasteiger partial charge in [0.15, 0.2) is 0 Å². The van der Waals surface area contributed by atoms with Crippen LogP contribution in [0.5, 0.6) is 0 Å². The van der Waals surface area contributed by atoms with E-state index in [2.05, 4.69) is 23.6 Å². The maximum atomic E-state index is 12.4. The molecule has 0 saturated carbocycles. The van der Waals surface area contributed by atoms with Gasteiger partial charge in [-0.3, -0.25) is 4.79 Å². The fourth-order valence-corrected chi connectivity index (χ4v) is 2.62. The fourth-order valence-electron chi connectivity index (χ4n) is 2.62. The van der Waals surface area contributed by atoms with Crippen molar-refractivity contribution < 1.29 is 4.79 Å². The Balaban J connectivity index is 1.77. The van der Waals surface area contributed by atoms with Crippen molar-refractivity contribution in [1.82, 2.24) is 0 Å². The van der Waals surface area contributed by atoms with Gasteiger partial charge in [-0.2, -0.15) is 0 Å². The van der Waals surface area contributed by atoms with Crippen molar-refractivity contribution in [2.24, 2.45) is 0 Å². The van der Waals surface area contributed by atoms with Crippen molar-refractivity contribution in [3.63, 3.8) is 0 Å². The van der Waals surface area contributed by atoms with Gasteiger partial charge in [-0.05, 0) is 35.7 Å². The van der Waals surface area contributed by atoms with E-state index in [4.69, 9.17) is 0 Å². The zero-order valence-electron chi connectivity index (χ0n) is 11.5. The van der Waals surface area contributed by atoms with Crippen molar-refractivity contribution in [3.05, 3.63) is 59.7 Å². The third-order valence-electron chi connectivity index (χ3n) is 3.75. The normalized spacial score (nSPS) is 16.4. The first-order chi connectivity index (χ1) is 9.78. The predicted octanol–water partition coefficient (Wildman–Crippen LogP) is 3.40. The van der Waals surface area contributed by atoms with Gasteiger partial charge in [-0.25, -0.2) is 0 Å². The molecular weight excluding hydrogens is 248 g/mol. The maximum absolute atomic E-state index is 12.4. The van der Waals surface area contributed by atoms with Gasteiger partial charge in [-0.15, -0.1) is 0 Å². The highest BCUT2D eigenvalue weighted by Gasteiger charge is 2.27. The molecule has 1 heterocycles. The summed E-state index contributed by atoms with van der Waals surface area (Å²) in [6.07, 6.45) is 0.970. The molecule has 1 atom stereocenters. The molecule has 0 bridgehead atoms. The van der Waals surface area contributed by atoms with Crippen LogP contribution in [0.4, 0.5) is 11.4 Å². The summed E-state index contributed by atoms with van der Waals surface area (Å²) < 4.78 is 0. The summed E-state index contributed by atoms with van der Waals surface area (Å²) in [5, 5.41) is 6.30. The molecule has 0 fully saturated rings. The highest BCUT2D eigenvalue weighted by molar-refractivity contribution is 5.98. The molecule has 0 radical (unpaired) electrons. The van der Waals surface area contributed by atoms with E-state index in [0.717, 1.165) is 23.4 Å². The Morgan fingerprint density at radius 3 is 2.95 bits per heavy atom. The molecule has 3 rings (SSSR count). The average Bonchev–Trinajstić information content (AvgIpc) is 2.91. The van der Waals surface area contributed by atoms with E-state index in [9.17, 15) is 4.79 Å². The quantitative estimate of drug-likeness (QED) is 0.894. The maximum Gasteiger partial charge on any atom is 0.233 e. The van der Waals surface area contributed by atoms with E-state index in [0.29, 0.717) is 6.54 Å². The molecule has 1 amide bonds. The molecule has 1 aliphatic heterocycles. The Morgan fingerprint density at radius 2 is 2.10 bits per heavy atom. The summed E-state index contributed by atoms with van der Waals surface area (Å²) in [5.74, 6) is -0.0628. The largest absolute Gasteiger partial charge is 0.384 e. The third kappa shape index (κ3) is 2.39. The number of anilines is 2. The molecule has 1 aliphatic rings. The third-order valence-corrected chi connectivity index (χ3v) is 3.75. The highest BCUT2D eigenvalue weighted by atomic mass is 16.1. The van der Waals surface area contributed by atoms with E-state index in [1.54, 1.807) is 0 Å². The summed E-state index contributed by atoms with van der Waals surface area (Å²) in [6, 6.07) is 16.0. The van der Waals surface area contributed by atoms with Crippen LogP contribution in [-0.4, -0.2) is 12.5 Å². The van der Waals surface area contributed by atoms with Gasteiger partial charge in [0.2, 0.25) is 5.91 Å². The zero-order valence-corrected chi connectivity index (χ0v) is 11.5. The SMILES string of the molecule is CCc1cccc(NC(=O)C2CNc3ccccc32)c1. The number of carbonyl (C=O) groups is 1. The molecule has 2 aromatic carbocycles. The van der Waals surface area contributed by atoms with Crippen LogP contribution >= 0.6 is 0 Å². The van der Waals surface area contributed by atoms with Crippen LogP contribution in [-0.2, 0) is 11.2 Å². The van der Waals surface area contributed by atoms with E-state index < -0.39 is 0 Å². The molecule has 2 N–H and O–H groups in total. The van der Waals surface area contributed by atoms with Crippen LogP contribution in [0.15, 0.2) is 48.5 Å². The second-order valence-electron chi connectivity index (χ2n) is 5.06. The summed E-state index contributed by atoms with van der Waals surface area (Å²) >= 11 is 0. The smallest absolute Gasteiger partial charge is 0.233 e. The lowest BCUT2D eigenvalue weighted by Gasteiger charge is -2.12. The first-order valence-corrected chi connectivity index (χ1v) is 7.00. The summed E-state index contributed by atoms with van der Waals surface area (Å²) in [6.45, 7) is 2.77. The topological polar surface area (TPSA) is 41.1 Å². The van der Waals surface area contributed by atoms with Gasteiger partial charge in [0.1, 0.15) is 0 Å². The molecular formula is C17H18N2O. The van der Waals surface area contributed by atoms with Gasteiger partial charge in [0, 0.05) is 17.9 Å². The van der Waals surface area contributed by atoms with Gasteiger partial charge >= 0.3 is 0 Å². The lowest BCUT2D eigenvalue weighted by molar-refractivity contribution is -0.117. The fraction of sp³-hybridized carbons (Fsp3) is 0.235. The molecule has 20 heavy (non-hydrogen) atoms. The second-order valence-corrected chi connectivity index (χ2v) is 5.06. The van der Waals surface area contributed by atoms with Crippen LogP contribution in [0.2, 0.25) is 0 Å². The molecule has 3 heteroatoms. The first-order valence-electron chi connectivity index (χ1n) is 7.00. The Hall–Kier alpha value is -2.29. The molecule has 102 valence electrons. The van der Waals surface area contributed by atoms with E-state index in [1.165, 1.54) is 5.56 Å². The number of aryl methyl sites for hydroxylation is 1. The minimum absolute atomic E-state index is 0.0516. The van der Waals surface area contributed by atoms with E-state index >= 15 is 0 Å². The zero-order chi connectivity index (χ0) is 13.9. The molecule has 0 spiro atoms. The number of hydrogen-bond acceptors (Lipinski definition) is 2. The van der Waals surface area contributed by atoms with Crippen molar-refractivity contribution in [1.29, 1.82) is 0 Å². The van der Waals surface area contributed by atoms with E-state index in [1.807, 2.05) is 42.5 Å². The molecule has 0 aromatic heterocycles. The van der Waals surface area contributed by atoms with Crippen LogP contribution in [0.3, 0.4) is 0 Å². The standard InChI is InChI=1S/C17H18N2O/c1-2-12-6-5-7-13(10-12)19-17(20)15-11-18-16-9-4-3-8-14(15)16/h3-10,15,18H,2,11H2,1H3,(H,19,20). The Bertz CT molecular complexity index is 636. The monoisotopic (exact) mass is 266 g/mol. The van der Waals surface area contributed by atoms with E-state index in [-0.39, 0.29) is 11.8 Å². The lowest BCUT2D eigenvalue weighted by atomic mass is 10.0.